The molecule has 1 aromatic carbocycles. The minimum atomic E-state index is 0.283. The summed E-state index contributed by atoms with van der Waals surface area (Å²) in [7, 11) is 2.14. The molecule has 0 aliphatic carbocycles. The van der Waals surface area contributed by atoms with Crippen LogP contribution < -0.4 is 10.6 Å². The number of nitrogens with one attached hydrogen (secondary N) is 2. The highest BCUT2D eigenvalue weighted by Crippen LogP contribution is 2.08. The zero-order valence-corrected chi connectivity index (χ0v) is 16.2. The molecule has 0 amide bonds. The molecule has 1 aliphatic heterocycles. The molecule has 1 heterocycles. The SMILES string of the molecule is CCNC(=NCCCOC1CCOC1)NCCN(C)Cc1ccccc1. The Labute approximate surface area is 158 Å². The predicted octanol–water partition coefficient (Wildman–Crippen LogP) is 1.87. The summed E-state index contributed by atoms with van der Waals surface area (Å²) in [5.41, 5.74) is 1.34. The summed E-state index contributed by atoms with van der Waals surface area (Å²) in [5, 5.41) is 6.70. The molecule has 26 heavy (non-hydrogen) atoms. The van der Waals surface area contributed by atoms with Crippen molar-refractivity contribution < 1.29 is 9.47 Å². The molecule has 1 saturated heterocycles. The van der Waals surface area contributed by atoms with Gasteiger partial charge < -0.3 is 25.0 Å². The van der Waals surface area contributed by atoms with Gasteiger partial charge in [0.05, 0.1) is 12.7 Å². The number of aliphatic imine (C=N–C) groups is 1. The van der Waals surface area contributed by atoms with Gasteiger partial charge in [0.2, 0.25) is 0 Å². The zero-order valence-electron chi connectivity index (χ0n) is 16.2. The van der Waals surface area contributed by atoms with Crippen molar-refractivity contribution in [2.24, 2.45) is 4.99 Å². The third kappa shape index (κ3) is 8.65. The van der Waals surface area contributed by atoms with E-state index in [0.717, 1.165) is 71.3 Å². The molecule has 6 heteroatoms. The van der Waals surface area contributed by atoms with Crippen molar-refractivity contribution in [3.8, 4) is 0 Å². The molecule has 146 valence electrons. The number of likely N-dealkylation sites (N-methyl/N-ethyl adjacent to an activating group) is 1. The summed E-state index contributed by atoms with van der Waals surface area (Å²) in [4.78, 5) is 6.93. The van der Waals surface area contributed by atoms with E-state index in [2.05, 4.69) is 64.8 Å². The molecule has 0 spiro atoms. The van der Waals surface area contributed by atoms with E-state index in [4.69, 9.17) is 9.47 Å². The minimum Gasteiger partial charge on any atom is -0.379 e. The van der Waals surface area contributed by atoms with Crippen LogP contribution in [0.3, 0.4) is 0 Å². The van der Waals surface area contributed by atoms with E-state index in [0.29, 0.717) is 0 Å². The number of guanidine groups is 1. The van der Waals surface area contributed by atoms with E-state index in [1.54, 1.807) is 0 Å². The Morgan fingerprint density at radius 3 is 2.88 bits per heavy atom. The van der Waals surface area contributed by atoms with E-state index in [-0.39, 0.29) is 6.10 Å². The Morgan fingerprint density at radius 2 is 2.15 bits per heavy atom. The Morgan fingerprint density at radius 1 is 1.31 bits per heavy atom. The Balaban J connectivity index is 1.59. The fourth-order valence-electron chi connectivity index (χ4n) is 2.83. The largest absolute Gasteiger partial charge is 0.379 e. The van der Waals surface area contributed by atoms with Crippen LogP contribution in [0.15, 0.2) is 35.3 Å². The fraction of sp³-hybridized carbons (Fsp3) is 0.650. The van der Waals surface area contributed by atoms with Gasteiger partial charge in [0.25, 0.3) is 0 Å². The van der Waals surface area contributed by atoms with Gasteiger partial charge in [0.1, 0.15) is 0 Å². The first kappa shape index (κ1) is 20.7. The first-order valence-corrected chi connectivity index (χ1v) is 9.72. The second-order valence-corrected chi connectivity index (χ2v) is 6.62. The first-order valence-electron chi connectivity index (χ1n) is 9.72. The maximum atomic E-state index is 5.77. The fourth-order valence-corrected chi connectivity index (χ4v) is 2.83. The number of ether oxygens (including phenoxy) is 2. The summed E-state index contributed by atoms with van der Waals surface area (Å²) < 4.78 is 11.1. The lowest BCUT2D eigenvalue weighted by Crippen LogP contribution is -2.41. The number of benzene rings is 1. The quantitative estimate of drug-likeness (QED) is 0.358. The van der Waals surface area contributed by atoms with Crippen molar-refractivity contribution in [3.05, 3.63) is 35.9 Å². The Kier molecular flexibility index (Phi) is 10.1. The van der Waals surface area contributed by atoms with Gasteiger partial charge in [-0.05, 0) is 32.4 Å². The molecule has 1 atom stereocenters. The van der Waals surface area contributed by atoms with Gasteiger partial charge in [-0.15, -0.1) is 0 Å². The van der Waals surface area contributed by atoms with Crippen LogP contribution in [0, 0.1) is 0 Å². The van der Waals surface area contributed by atoms with Crippen LogP contribution >= 0.6 is 0 Å². The van der Waals surface area contributed by atoms with E-state index in [1.807, 2.05) is 0 Å². The summed E-state index contributed by atoms with van der Waals surface area (Å²) in [6.45, 7) is 8.82. The highest BCUT2D eigenvalue weighted by Gasteiger charge is 2.15. The minimum absolute atomic E-state index is 0.283. The lowest BCUT2D eigenvalue weighted by Gasteiger charge is -2.18. The molecular weight excluding hydrogens is 328 g/mol. The van der Waals surface area contributed by atoms with Gasteiger partial charge in [0.15, 0.2) is 5.96 Å². The standard InChI is InChI=1S/C20H34N4O2/c1-3-21-20(22-11-7-14-26-19-10-15-25-17-19)23-12-13-24(2)16-18-8-5-4-6-9-18/h4-6,8-9,19H,3,7,10-17H2,1-2H3,(H2,21,22,23). The van der Waals surface area contributed by atoms with Crippen LogP contribution in [-0.2, 0) is 16.0 Å². The predicted molar refractivity (Wildman–Crippen MR) is 107 cm³/mol. The summed E-state index contributed by atoms with van der Waals surface area (Å²) >= 11 is 0. The van der Waals surface area contributed by atoms with Crippen molar-refractivity contribution >= 4 is 5.96 Å². The van der Waals surface area contributed by atoms with Gasteiger partial charge in [-0.3, -0.25) is 4.99 Å². The number of hydrogen-bond donors (Lipinski definition) is 2. The summed E-state index contributed by atoms with van der Waals surface area (Å²) in [6.07, 6.45) is 2.23. The van der Waals surface area contributed by atoms with Crippen molar-refractivity contribution in [2.45, 2.75) is 32.4 Å². The first-order chi connectivity index (χ1) is 12.8. The Hall–Kier alpha value is -1.63. The zero-order chi connectivity index (χ0) is 18.5. The average Bonchev–Trinajstić information content (AvgIpc) is 3.15. The lowest BCUT2D eigenvalue weighted by atomic mass is 10.2. The van der Waals surface area contributed by atoms with E-state index in [9.17, 15) is 0 Å². The maximum absolute atomic E-state index is 5.77. The number of rotatable bonds is 11. The topological polar surface area (TPSA) is 58.1 Å². The number of hydrogen-bond acceptors (Lipinski definition) is 4. The molecule has 2 N–H and O–H groups in total. The molecule has 2 rings (SSSR count). The lowest BCUT2D eigenvalue weighted by molar-refractivity contribution is 0.0424. The van der Waals surface area contributed by atoms with Crippen molar-refractivity contribution in [3.63, 3.8) is 0 Å². The summed E-state index contributed by atoms with van der Waals surface area (Å²) in [6, 6.07) is 10.5. The molecule has 0 saturated carbocycles. The second kappa shape index (κ2) is 12.7. The van der Waals surface area contributed by atoms with E-state index >= 15 is 0 Å². The van der Waals surface area contributed by atoms with Crippen LogP contribution in [-0.4, -0.2) is 70.0 Å². The molecule has 0 radical (unpaired) electrons. The van der Waals surface area contributed by atoms with Gasteiger partial charge in [-0.2, -0.15) is 0 Å². The van der Waals surface area contributed by atoms with Crippen molar-refractivity contribution in [1.29, 1.82) is 0 Å². The molecule has 1 aromatic rings. The third-order valence-electron chi connectivity index (χ3n) is 4.24. The third-order valence-corrected chi connectivity index (χ3v) is 4.24. The van der Waals surface area contributed by atoms with Crippen LogP contribution in [0.2, 0.25) is 0 Å². The molecule has 1 unspecified atom stereocenters. The summed E-state index contributed by atoms with van der Waals surface area (Å²) in [5.74, 6) is 0.879. The van der Waals surface area contributed by atoms with Gasteiger partial charge in [-0.1, -0.05) is 30.3 Å². The van der Waals surface area contributed by atoms with Crippen molar-refractivity contribution in [2.75, 3.05) is 53.0 Å². The van der Waals surface area contributed by atoms with Gasteiger partial charge >= 0.3 is 0 Å². The van der Waals surface area contributed by atoms with Crippen LogP contribution in [0.4, 0.5) is 0 Å². The molecule has 0 aromatic heterocycles. The number of nitrogens with zero attached hydrogens (tertiary/aromatic N) is 2. The molecule has 0 bridgehead atoms. The maximum Gasteiger partial charge on any atom is 0.191 e. The Bertz CT molecular complexity index is 504. The van der Waals surface area contributed by atoms with Crippen LogP contribution in [0.25, 0.3) is 0 Å². The second-order valence-electron chi connectivity index (χ2n) is 6.62. The molecule has 6 nitrogen and oxygen atoms in total. The van der Waals surface area contributed by atoms with Gasteiger partial charge in [0, 0.05) is 45.9 Å². The monoisotopic (exact) mass is 362 g/mol. The molecule has 1 fully saturated rings. The van der Waals surface area contributed by atoms with Crippen LogP contribution in [0.1, 0.15) is 25.3 Å². The highest BCUT2D eigenvalue weighted by atomic mass is 16.5. The normalized spacial score (nSPS) is 17.7. The van der Waals surface area contributed by atoms with Crippen LogP contribution in [0.5, 0.6) is 0 Å². The molecule has 1 aliphatic rings. The van der Waals surface area contributed by atoms with Crippen molar-refractivity contribution in [1.82, 2.24) is 15.5 Å². The average molecular weight is 363 g/mol. The molecular formula is C20H34N4O2. The van der Waals surface area contributed by atoms with E-state index in [1.165, 1.54) is 5.56 Å². The van der Waals surface area contributed by atoms with Gasteiger partial charge in [-0.25, -0.2) is 0 Å². The van der Waals surface area contributed by atoms with E-state index < -0.39 is 0 Å². The highest BCUT2D eigenvalue weighted by molar-refractivity contribution is 5.79. The smallest absolute Gasteiger partial charge is 0.191 e.